The fraction of sp³-hybridized carbons (Fsp3) is 0.257. The number of hydrogen-bond donors (Lipinski definition) is 0. The minimum absolute atomic E-state index is 1.17. The first-order valence-corrected chi connectivity index (χ1v) is 12.9. The molecule has 0 amide bonds. The normalized spacial score (nSPS) is 11.4. The minimum atomic E-state index is 1.17. The molecule has 4 rings (SSSR count). The molecule has 0 atom stereocenters. The molecule has 0 bridgehead atoms. The summed E-state index contributed by atoms with van der Waals surface area (Å²) in [4.78, 5) is 2.39. The first-order valence-electron chi connectivity index (χ1n) is 12.9. The lowest BCUT2D eigenvalue weighted by Crippen LogP contribution is -2.12. The highest BCUT2D eigenvalue weighted by molar-refractivity contribution is 5.80. The Labute approximate surface area is 218 Å². The van der Waals surface area contributed by atoms with Gasteiger partial charge in [0.05, 0.1) is 0 Å². The van der Waals surface area contributed by atoms with Gasteiger partial charge in [0.25, 0.3) is 0 Å². The molecular weight excluding hydrogens is 434 g/mol. The van der Waals surface area contributed by atoms with Gasteiger partial charge in [-0.3, -0.25) is 0 Å². The highest BCUT2D eigenvalue weighted by Crippen LogP contribution is 2.38. The summed E-state index contributed by atoms with van der Waals surface area (Å²) in [5, 5.41) is 0. The predicted molar refractivity (Wildman–Crippen MR) is 159 cm³/mol. The van der Waals surface area contributed by atoms with Crippen molar-refractivity contribution in [1.82, 2.24) is 0 Å². The number of anilines is 3. The van der Waals surface area contributed by atoms with E-state index in [1.807, 2.05) is 0 Å². The number of rotatable bonds is 5. The molecule has 0 fully saturated rings. The van der Waals surface area contributed by atoms with Crippen molar-refractivity contribution >= 4 is 29.2 Å². The monoisotopic (exact) mass is 473 g/mol. The highest BCUT2D eigenvalue weighted by atomic mass is 15.1. The predicted octanol–water partition coefficient (Wildman–Crippen LogP) is 10.1. The van der Waals surface area contributed by atoms with Crippen LogP contribution >= 0.6 is 0 Å². The van der Waals surface area contributed by atoms with E-state index in [1.54, 1.807) is 0 Å². The Kier molecular flexibility index (Phi) is 7.22. The fourth-order valence-corrected chi connectivity index (χ4v) is 4.82. The van der Waals surface area contributed by atoms with E-state index in [1.165, 1.54) is 78.3 Å². The fourth-order valence-electron chi connectivity index (χ4n) is 4.82. The van der Waals surface area contributed by atoms with Crippen LogP contribution in [-0.4, -0.2) is 0 Å². The molecule has 0 aliphatic carbocycles. The zero-order valence-electron chi connectivity index (χ0n) is 23.4. The molecule has 0 saturated heterocycles. The van der Waals surface area contributed by atoms with Gasteiger partial charge in [-0.15, -0.1) is 0 Å². The molecule has 0 heterocycles. The average Bonchev–Trinajstić information content (AvgIpc) is 2.83. The number of benzene rings is 4. The zero-order chi connectivity index (χ0) is 26.1. The Morgan fingerprint density at radius 2 is 0.722 bits per heavy atom. The summed E-state index contributed by atoms with van der Waals surface area (Å²) in [7, 11) is 0. The maximum absolute atomic E-state index is 2.39. The van der Waals surface area contributed by atoms with Gasteiger partial charge < -0.3 is 4.90 Å². The molecule has 4 aromatic rings. The van der Waals surface area contributed by atoms with Gasteiger partial charge in [-0.05, 0) is 160 Å². The molecule has 184 valence electrons. The minimum Gasteiger partial charge on any atom is -0.310 e. The molecule has 0 saturated carbocycles. The van der Waals surface area contributed by atoms with Crippen LogP contribution in [0.15, 0.2) is 60.7 Å². The standard InChI is InChI=1S/C35H39N/c1-22-16-32(17-23(2)28(22)7)11-10-31-12-14-33(15-13-31)36(34-18-24(3)29(8)25(4)19-34)35-20-26(5)30(9)27(6)21-35/h10-21H,1-9H3. The number of hydrogen-bond acceptors (Lipinski definition) is 1. The molecule has 4 aromatic carbocycles. The van der Waals surface area contributed by atoms with Crippen LogP contribution in [0.5, 0.6) is 0 Å². The van der Waals surface area contributed by atoms with Crippen molar-refractivity contribution < 1.29 is 0 Å². The summed E-state index contributed by atoms with van der Waals surface area (Å²) < 4.78 is 0. The molecule has 0 aliphatic heterocycles. The van der Waals surface area contributed by atoms with Gasteiger partial charge in [0.1, 0.15) is 0 Å². The van der Waals surface area contributed by atoms with Gasteiger partial charge in [-0.2, -0.15) is 0 Å². The Bertz CT molecular complexity index is 1320. The van der Waals surface area contributed by atoms with Crippen LogP contribution in [0.4, 0.5) is 17.1 Å². The van der Waals surface area contributed by atoms with Gasteiger partial charge in [0.2, 0.25) is 0 Å². The maximum atomic E-state index is 2.39. The quantitative estimate of drug-likeness (QED) is 0.261. The third kappa shape index (κ3) is 5.16. The Morgan fingerprint density at radius 3 is 1.11 bits per heavy atom. The lowest BCUT2D eigenvalue weighted by molar-refractivity contribution is 1.19. The third-order valence-electron chi connectivity index (χ3n) is 7.91. The Morgan fingerprint density at radius 1 is 0.389 bits per heavy atom. The Hall–Kier alpha value is -3.58. The van der Waals surface area contributed by atoms with Crippen molar-refractivity contribution in [1.29, 1.82) is 0 Å². The smallest absolute Gasteiger partial charge is 0.0467 e. The first-order chi connectivity index (χ1) is 17.0. The van der Waals surface area contributed by atoms with Crippen LogP contribution in [0.2, 0.25) is 0 Å². The van der Waals surface area contributed by atoms with Gasteiger partial charge in [-0.25, -0.2) is 0 Å². The van der Waals surface area contributed by atoms with Gasteiger partial charge in [0, 0.05) is 17.1 Å². The van der Waals surface area contributed by atoms with Crippen molar-refractivity contribution in [3.63, 3.8) is 0 Å². The molecule has 0 radical (unpaired) electrons. The molecule has 0 unspecified atom stereocenters. The van der Waals surface area contributed by atoms with E-state index < -0.39 is 0 Å². The van der Waals surface area contributed by atoms with Crippen molar-refractivity contribution in [2.24, 2.45) is 0 Å². The lowest BCUT2D eigenvalue weighted by Gasteiger charge is -2.28. The van der Waals surface area contributed by atoms with E-state index in [0.717, 1.165) is 0 Å². The molecule has 0 aliphatic rings. The van der Waals surface area contributed by atoms with E-state index in [2.05, 4.69) is 140 Å². The SMILES string of the molecule is Cc1cc(C=Cc2ccc(N(c3cc(C)c(C)c(C)c3)c3cc(C)c(C)c(C)c3)cc2)cc(C)c1C. The second-order valence-corrected chi connectivity index (χ2v) is 10.4. The molecule has 36 heavy (non-hydrogen) atoms. The average molecular weight is 474 g/mol. The van der Waals surface area contributed by atoms with Crippen LogP contribution < -0.4 is 4.90 Å². The summed E-state index contributed by atoms with van der Waals surface area (Å²) in [5.74, 6) is 0. The summed E-state index contributed by atoms with van der Waals surface area (Å²) >= 11 is 0. The molecule has 1 heteroatoms. The van der Waals surface area contributed by atoms with Gasteiger partial charge in [0.15, 0.2) is 0 Å². The topological polar surface area (TPSA) is 3.24 Å². The van der Waals surface area contributed by atoms with E-state index in [4.69, 9.17) is 0 Å². The van der Waals surface area contributed by atoms with E-state index >= 15 is 0 Å². The molecule has 0 spiro atoms. The lowest BCUT2D eigenvalue weighted by atomic mass is 9.99. The molecule has 0 aromatic heterocycles. The van der Waals surface area contributed by atoms with Crippen LogP contribution in [0, 0.1) is 62.3 Å². The van der Waals surface area contributed by atoms with E-state index in [0.29, 0.717) is 0 Å². The van der Waals surface area contributed by atoms with Gasteiger partial charge in [-0.1, -0.05) is 36.4 Å². The zero-order valence-corrected chi connectivity index (χ0v) is 23.4. The largest absolute Gasteiger partial charge is 0.310 e. The second-order valence-electron chi connectivity index (χ2n) is 10.4. The van der Waals surface area contributed by atoms with Crippen molar-refractivity contribution in [3.05, 3.63) is 122 Å². The van der Waals surface area contributed by atoms with Crippen molar-refractivity contribution in [2.75, 3.05) is 4.90 Å². The summed E-state index contributed by atoms with van der Waals surface area (Å²) in [6, 6.07) is 22.7. The summed E-state index contributed by atoms with van der Waals surface area (Å²) in [5.41, 5.74) is 18.1. The first kappa shape index (κ1) is 25.5. The van der Waals surface area contributed by atoms with Gasteiger partial charge >= 0.3 is 0 Å². The van der Waals surface area contributed by atoms with Crippen LogP contribution in [-0.2, 0) is 0 Å². The van der Waals surface area contributed by atoms with E-state index in [-0.39, 0.29) is 0 Å². The maximum Gasteiger partial charge on any atom is 0.0467 e. The molecular formula is C35H39N. The molecule has 0 N–H and O–H groups in total. The number of nitrogens with zero attached hydrogens (tertiary/aromatic N) is 1. The summed E-state index contributed by atoms with van der Waals surface area (Å²) in [6.07, 6.45) is 4.42. The second kappa shape index (κ2) is 10.2. The van der Waals surface area contributed by atoms with Crippen LogP contribution in [0.25, 0.3) is 12.2 Å². The highest BCUT2D eigenvalue weighted by Gasteiger charge is 2.16. The number of aryl methyl sites for hydroxylation is 6. The van der Waals surface area contributed by atoms with Crippen molar-refractivity contribution in [3.8, 4) is 0 Å². The van der Waals surface area contributed by atoms with Crippen molar-refractivity contribution in [2.45, 2.75) is 62.3 Å². The molecule has 1 nitrogen and oxygen atoms in total. The van der Waals surface area contributed by atoms with E-state index in [9.17, 15) is 0 Å². The summed E-state index contributed by atoms with van der Waals surface area (Å²) in [6.45, 7) is 19.8. The van der Waals surface area contributed by atoms with Crippen LogP contribution in [0.1, 0.15) is 61.2 Å². The third-order valence-corrected chi connectivity index (χ3v) is 7.91. The van der Waals surface area contributed by atoms with Crippen LogP contribution in [0.3, 0.4) is 0 Å². The Balaban J connectivity index is 1.75.